The van der Waals surface area contributed by atoms with E-state index in [0.29, 0.717) is 10.8 Å². The first-order valence-corrected chi connectivity index (χ1v) is 11.3. The molecule has 0 fully saturated rings. The highest BCUT2D eigenvalue weighted by molar-refractivity contribution is 7.99. The molecule has 0 radical (unpaired) electrons. The van der Waals surface area contributed by atoms with E-state index in [1.807, 2.05) is 24.3 Å². The third-order valence-corrected chi connectivity index (χ3v) is 6.09. The monoisotopic (exact) mass is 439 g/mol. The fourth-order valence-electron chi connectivity index (χ4n) is 3.44. The Hall–Kier alpha value is -2.50. The minimum Gasteiger partial charge on any atom is -0.318 e. The molecule has 0 spiro atoms. The summed E-state index contributed by atoms with van der Waals surface area (Å²) in [4.78, 5) is 12.1. The summed E-state index contributed by atoms with van der Waals surface area (Å²) < 4.78 is 2.22. The number of carbonyl (C=O) groups is 1. The number of halogens is 1. The van der Waals surface area contributed by atoms with Crippen LogP contribution in [0.1, 0.15) is 33.6 Å². The van der Waals surface area contributed by atoms with E-state index in [4.69, 9.17) is 11.6 Å². The second-order valence-electron chi connectivity index (χ2n) is 7.37. The smallest absolute Gasteiger partial charge is 0.250 e. The molecule has 3 rings (SSSR count). The number of nitrogens with one attached hydrogen (secondary N) is 1. The molecular formula is C24H26ClN3OS. The molecule has 156 valence electrons. The number of thioether (sulfide) groups is 1. The molecule has 0 saturated carbocycles. The molecule has 0 aliphatic heterocycles. The maximum atomic E-state index is 12.1. The number of amides is 1. The Bertz CT molecular complexity index is 1090. The highest BCUT2D eigenvalue weighted by Crippen LogP contribution is 2.23. The van der Waals surface area contributed by atoms with Crippen molar-refractivity contribution in [1.82, 2.24) is 9.99 Å². The minimum absolute atomic E-state index is 0.124. The van der Waals surface area contributed by atoms with Gasteiger partial charge in [-0.2, -0.15) is 5.10 Å². The molecule has 0 aliphatic carbocycles. The average molecular weight is 440 g/mol. The molecule has 4 nitrogen and oxygen atoms in total. The van der Waals surface area contributed by atoms with E-state index in [1.54, 1.807) is 6.21 Å². The van der Waals surface area contributed by atoms with E-state index in [0.717, 1.165) is 34.0 Å². The lowest BCUT2D eigenvalue weighted by Gasteiger charge is -2.13. The first-order chi connectivity index (χ1) is 14.3. The largest absolute Gasteiger partial charge is 0.318 e. The maximum absolute atomic E-state index is 12.1. The topological polar surface area (TPSA) is 46.4 Å². The highest BCUT2D eigenvalue weighted by atomic mass is 35.5. The third kappa shape index (κ3) is 5.55. The molecule has 1 N–H and O–H groups in total. The molecule has 0 bridgehead atoms. The lowest BCUT2D eigenvalue weighted by molar-refractivity contribution is -0.118. The van der Waals surface area contributed by atoms with Gasteiger partial charge in [-0.15, -0.1) is 11.8 Å². The van der Waals surface area contributed by atoms with E-state index in [1.165, 1.54) is 22.9 Å². The van der Waals surface area contributed by atoms with Gasteiger partial charge < -0.3 is 4.57 Å². The fraction of sp³-hybridized carbons (Fsp3) is 0.250. The van der Waals surface area contributed by atoms with Crippen molar-refractivity contribution in [2.24, 2.45) is 5.10 Å². The molecule has 0 aliphatic rings. The van der Waals surface area contributed by atoms with Crippen molar-refractivity contribution in [1.29, 1.82) is 0 Å². The van der Waals surface area contributed by atoms with E-state index in [9.17, 15) is 4.79 Å². The minimum atomic E-state index is -0.124. The zero-order valence-corrected chi connectivity index (χ0v) is 19.3. The number of benzene rings is 2. The van der Waals surface area contributed by atoms with Gasteiger partial charge in [0.2, 0.25) is 5.91 Å². The van der Waals surface area contributed by atoms with Crippen LogP contribution in [0.4, 0.5) is 0 Å². The van der Waals surface area contributed by atoms with Gasteiger partial charge in [0.15, 0.2) is 0 Å². The number of nitrogens with zero attached hydrogens (tertiary/aromatic N) is 2. The van der Waals surface area contributed by atoms with Crippen molar-refractivity contribution in [2.75, 3.05) is 5.75 Å². The highest BCUT2D eigenvalue weighted by Gasteiger charge is 2.11. The van der Waals surface area contributed by atoms with E-state index >= 15 is 0 Å². The zero-order chi connectivity index (χ0) is 21.7. The summed E-state index contributed by atoms with van der Waals surface area (Å²) in [5.74, 6) is 0.946. The van der Waals surface area contributed by atoms with Crippen molar-refractivity contribution >= 4 is 35.5 Å². The van der Waals surface area contributed by atoms with E-state index in [2.05, 4.69) is 67.1 Å². The lowest BCUT2D eigenvalue weighted by atomic mass is 10.1. The molecule has 0 saturated heterocycles. The van der Waals surface area contributed by atoms with Gasteiger partial charge >= 0.3 is 0 Å². The van der Waals surface area contributed by atoms with Gasteiger partial charge in [-0.1, -0.05) is 41.4 Å². The van der Waals surface area contributed by atoms with Crippen LogP contribution in [0.2, 0.25) is 5.02 Å². The van der Waals surface area contributed by atoms with Crippen LogP contribution < -0.4 is 5.43 Å². The van der Waals surface area contributed by atoms with Crippen LogP contribution in [-0.4, -0.2) is 22.4 Å². The summed E-state index contributed by atoms with van der Waals surface area (Å²) in [6.45, 7) is 8.36. The Morgan fingerprint density at radius 2 is 1.93 bits per heavy atom. The van der Waals surface area contributed by atoms with Gasteiger partial charge in [0, 0.05) is 33.4 Å². The van der Waals surface area contributed by atoms with Gasteiger partial charge in [-0.25, -0.2) is 5.43 Å². The summed E-state index contributed by atoms with van der Waals surface area (Å²) in [6, 6.07) is 16.2. The first-order valence-electron chi connectivity index (χ1n) is 9.76. The fourth-order valence-corrected chi connectivity index (χ4v) is 4.42. The van der Waals surface area contributed by atoms with E-state index < -0.39 is 0 Å². The van der Waals surface area contributed by atoms with Gasteiger partial charge in [0.05, 0.1) is 12.0 Å². The molecular weight excluding hydrogens is 414 g/mol. The normalized spacial score (nSPS) is 11.2. The van der Waals surface area contributed by atoms with Crippen molar-refractivity contribution in [3.63, 3.8) is 0 Å². The maximum Gasteiger partial charge on any atom is 0.250 e. The Balaban J connectivity index is 1.59. The van der Waals surface area contributed by atoms with Gasteiger partial charge in [0.25, 0.3) is 0 Å². The quantitative estimate of drug-likeness (QED) is 0.376. The Labute approximate surface area is 187 Å². The van der Waals surface area contributed by atoms with Crippen LogP contribution in [0.25, 0.3) is 5.69 Å². The summed E-state index contributed by atoms with van der Waals surface area (Å²) in [7, 11) is 0. The lowest BCUT2D eigenvalue weighted by Crippen LogP contribution is -2.19. The molecule has 2 aromatic carbocycles. The first kappa shape index (κ1) is 22.2. The van der Waals surface area contributed by atoms with Crippen molar-refractivity contribution in [3.8, 4) is 5.69 Å². The summed E-state index contributed by atoms with van der Waals surface area (Å²) in [6.07, 6.45) is 1.71. The van der Waals surface area contributed by atoms with Gasteiger partial charge in [-0.3, -0.25) is 4.79 Å². The third-order valence-electron chi connectivity index (χ3n) is 4.85. The van der Waals surface area contributed by atoms with Gasteiger partial charge in [0.1, 0.15) is 0 Å². The number of aromatic nitrogens is 1. The number of rotatable bonds is 7. The average Bonchev–Trinajstić information content (AvgIpc) is 2.96. The standard InChI is InChI=1S/C24H26ClN3OS/c1-16-8-9-23(17(2)10-16)28-18(3)11-21(19(28)4)13-26-27-24(29)15-30-14-20-6-5-7-22(25)12-20/h5-13H,14-15H2,1-4H3,(H,27,29)/b26-13+. The molecule has 30 heavy (non-hydrogen) atoms. The van der Waals surface area contributed by atoms with Crippen LogP contribution >= 0.6 is 23.4 Å². The number of hydrogen-bond acceptors (Lipinski definition) is 3. The Kier molecular flexibility index (Phi) is 7.40. The number of carbonyl (C=O) groups excluding carboxylic acids is 1. The van der Waals surface area contributed by atoms with Crippen LogP contribution in [0.5, 0.6) is 0 Å². The Morgan fingerprint density at radius 1 is 1.13 bits per heavy atom. The van der Waals surface area contributed by atoms with Crippen LogP contribution in [0, 0.1) is 27.7 Å². The predicted molar refractivity (Wildman–Crippen MR) is 128 cm³/mol. The molecule has 0 atom stereocenters. The predicted octanol–water partition coefficient (Wildman–Crippen LogP) is 5.75. The van der Waals surface area contributed by atoms with E-state index in [-0.39, 0.29) is 5.91 Å². The number of hydrogen-bond donors (Lipinski definition) is 1. The summed E-state index contributed by atoms with van der Waals surface area (Å²) >= 11 is 7.51. The zero-order valence-electron chi connectivity index (χ0n) is 17.7. The Morgan fingerprint density at radius 3 is 2.67 bits per heavy atom. The molecule has 3 aromatic rings. The van der Waals surface area contributed by atoms with Gasteiger partial charge in [-0.05, 0) is 63.1 Å². The van der Waals surface area contributed by atoms with Crippen LogP contribution in [0.15, 0.2) is 53.6 Å². The number of aryl methyl sites for hydroxylation is 3. The molecule has 1 heterocycles. The summed E-state index contributed by atoms with van der Waals surface area (Å²) in [5.41, 5.74) is 10.6. The molecule has 1 aromatic heterocycles. The number of hydrazone groups is 1. The second kappa shape index (κ2) is 10.0. The SMILES string of the molecule is Cc1ccc(-n2c(C)cc(/C=N/NC(=O)CSCc3cccc(Cl)c3)c2C)c(C)c1. The molecule has 0 unspecified atom stereocenters. The molecule has 1 amide bonds. The summed E-state index contributed by atoms with van der Waals surface area (Å²) in [5, 5.41) is 4.86. The molecule has 6 heteroatoms. The van der Waals surface area contributed by atoms with Crippen molar-refractivity contribution in [2.45, 2.75) is 33.4 Å². The van der Waals surface area contributed by atoms with Crippen LogP contribution in [0.3, 0.4) is 0 Å². The second-order valence-corrected chi connectivity index (χ2v) is 8.79. The van der Waals surface area contributed by atoms with Crippen molar-refractivity contribution < 1.29 is 4.79 Å². The van der Waals surface area contributed by atoms with Crippen molar-refractivity contribution in [3.05, 3.63) is 87.2 Å². The van der Waals surface area contributed by atoms with Crippen LogP contribution in [-0.2, 0) is 10.5 Å².